The Morgan fingerprint density at radius 3 is 2.35 bits per heavy atom. The fourth-order valence-electron chi connectivity index (χ4n) is 3.78. The highest BCUT2D eigenvalue weighted by Gasteiger charge is 2.35. The van der Waals surface area contributed by atoms with E-state index in [4.69, 9.17) is 5.73 Å². The summed E-state index contributed by atoms with van der Waals surface area (Å²) < 4.78 is 0. The predicted molar refractivity (Wildman–Crippen MR) is 83.4 cm³/mol. The lowest BCUT2D eigenvalue weighted by Crippen LogP contribution is -2.47. The summed E-state index contributed by atoms with van der Waals surface area (Å²) in [6.07, 6.45) is 11.1. The molecule has 2 aliphatic carbocycles. The topological polar surface area (TPSA) is 46.3 Å². The van der Waals surface area contributed by atoms with Crippen molar-refractivity contribution in [2.45, 2.75) is 89.6 Å². The van der Waals surface area contributed by atoms with E-state index in [2.05, 4.69) is 18.7 Å². The zero-order chi connectivity index (χ0) is 14.6. The van der Waals surface area contributed by atoms with Crippen molar-refractivity contribution >= 4 is 5.91 Å². The van der Waals surface area contributed by atoms with Crippen molar-refractivity contribution in [2.75, 3.05) is 6.54 Å². The SMILES string of the molecule is CC(C)CCN(C(=O)CC1(N)CCCC1)C1CCCC1. The summed E-state index contributed by atoms with van der Waals surface area (Å²) in [5.41, 5.74) is 6.20. The van der Waals surface area contributed by atoms with Gasteiger partial charge in [0.1, 0.15) is 0 Å². The molecule has 0 spiro atoms. The van der Waals surface area contributed by atoms with Gasteiger partial charge in [0.25, 0.3) is 0 Å². The van der Waals surface area contributed by atoms with Gasteiger partial charge in [-0.25, -0.2) is 0 Å². The van der Waals surface area contributed by atoms with Crippen LogP contribution in [0.15, 0.2) is 0 Å². The van der Waals surface area contributed by atoms with Gasteiger partial charge in [-0.05, 0) is 38.0 Å². The third kappa shape index (κ3) is 4.21. The first kappa shape index (κ1) is 15.8. The van der Waals surface area contributed by atoms with Crippen LogP contribution in [0.3, 0.4) is 0 Å². The molecule has 20 heavy (non-hydrogen) atoms. The van der Waals surface area contributed by atoms with E-state index in [0.29, 0.717) is 24.3 Å². The molecule has 0 bridgehead atoms. The lowest BCUT2D eigenvalue weighted by Gasteiger charge is -2.33. The van der Waals surface area contributed by atoms with Gasteiger partial charge in [-0.1, -0.05) is 39.5 Å². The van der Waals surface area contributed by atoms with E-state index in [1.807, 2.05) is 0 Å². The second-order valence-electron chi connectivity index (χ2n) is 7.45. The summed E-state index contributed by atoms with van der Waals surface area (Å²) in [5, 5.41) is 0. The molecule has 0 unspecified atom stereocenters. The first-order valence-electron chi connectivity index (χ1n) is 8.58. The third-order valence-corrected chi connectivity index (χ3v) is 5.14. The molecule has 2 fully saturated rings. The number of rotatable bonds is 6. The van der Waals surface area contributed by atoms with E-state index in [1.165, 1.54) is 38.5 Å². The number of nitrogens with zero attached hydrogens (tertiary/aromatic N) is 1. The van der Waals surface area contributed by atoms with Gasteiger partial charge in [-0.15, -0.1) is 0 Å². The maximum absolute atomic E-state index is 12.7. The molecule has 3 heteroatoms. The highest BCUT2D eigenvalue weighted by molar-refractivity contribution is 5.78. The molecule has 3 nitrogen and oxygen atoms in total. The van der Waals surface area contributed by atoms with Gasteiger partial charge in [-0.3, -0.25) is 4.79 Å². The first-order chi connectivity index (χ1) is 9.50. The molecule has 0 aromatic carbocycles. The Morgan fingerprint density at radius 2 is 1.80 bits per heavy atom. The summed E-state index contributed by atoms with van der Waals surface area (Å²) in [7, 11) is 0. The van der Waals surface area contributed by atoms with Crippen LogP contribution in [0.5, 0.6) is 0 Å². The van der Waals surface area contributed by atoms with Crippen LogP contribution in [0, 0.1) is 5.92 Å². The maximum Gasteiger partial charge on any atom is 0.224 e. The van der Waals surface area contributed by atoms with Crippen LogP contribution >= 0.6 is 0 Å². The summed E-state index contributed by atoms with van der Waals surface area (Å²) in [4.78, 5) is 14.9. The van der Waals surface area contributed by atoms with Crippen molar-refractivity contribution in [3.63, 3.8) is 0 Å². The van der Waals surface area contributed by atoms with Crippen molar-refractivity contribution in [3.8, 4) is 0 Å². The number of carbonyl (C=O) groups excluding carboxylic acids is 1. The second-order valence-corrected chi connectivity index (χ2v) is 7.45. The molecule has 0 radical (unpaired) electrons. The van der Waals surface area contributed by atoms with E-state index in [-0.39, 0.29) is 5.54 Å². The Balaban J connectivity index is 1.95. The number of hydrogen-bond acceptors (Lipinski definition) is 2. The van der Waals surface area contributed by atoms with Crippen LogP contribution in [0.25, 0.3) is 0 Å². The van der Waals surface area contributed by atoms with E-state index < -0.39 is 0 Å². The molecule has 0 heterocycles. The van der Waals surface area contributed by atoms with Crippen LogP contribution in [-0.4, -0.2) is 28.9 Å². The van der Waals surface area contributed by atoms with Gasteiger partial charge in [0, 0.05) is 24.5 Å². The molecule has 0 aromatic heterocycles. The van der Waals surface area contributed by atoms with Crippen LogP contribution in [0.2, 0.25) is 0 Å². The molecule has 116 valence electrons. The molecular weight excluding hydrogens is 248 g/mol. The molecule has 0 saturated heterocycles. The lowest BCUT2D eigenvalue weighted by atomic mass is 9.93. The van der Waals surface area contributed by atoms with Crippen LogP contribution in [-0.2, 0) is 4.79 Å². The number of hydrogen-bond donors (Lipinski definition) is 1. The predicted octanol–water partition coefficient (Wildman–Crippen LogP) is 3.47. The van der Waals surface area contributed by atoms with E-state index >= 15 is 0 Å². The van der Waals surface area contributed by atoms with Crippen LogP contribution in [0.4, 0.5) is 0 Å². The van der Waals surface area contributed by atoms with Crippen molar-refractivity contribution in [1.82, 2.24) is 4.90 Å². The quantitative estimate of drug-likeness (QED) is 0.810. The zero-order valence-electron chi connectivity index (χ0n) is 13.4. The maximum atomic E-state index is 12.7. The molecule has 1 amide bonds. The van der Waals surface area contributed by atoms with Crippen molar-refractivity contribution < 1.29 is 4.79 Å². The van der Waals surface area contributed by atoms with Crippen molar-refractivity contribution in [2.24, 2.45) is 11.7 Å². The molecule has 0 aromatic rings. The smallest absolute Gasteiger partial charge is 0.224 e. The molecule has 2 rings (SSSR count). The molecule has 0 atom stereocenters. The van der Waals surface area contributed by atoms with Crippen LogP contribution < -0.4 is 5.73 Å². The average molecular weight is 280 g/mol. The Hall–Kier alpha value is -0.570. The van der Waals surface area contributed by atoms with Crippen LogP contribution in [0.1, 0.15) is 78.1 Å². The summed E-state index contributed by atoms with van der Waals surface area (Å²) >= 11 is 0. The van der Waals surface area contributed by atoms with E-state index in [9.17, 15) is 4.79 Å². The molecule has 2 aliphatic rings. The highest BCUT2D eigenvalue weighted by atomic mass is 16.2. The first-order valence-corrected chi connectivity index (χ1v) is 8.58. The van der Waals surface area contributed by atoms with Gasteiger partial charge in [0.15, 0.2) is 0 Å². The largest absolute Gasteiger partial charge is 0.340 e. The molecule has 2 N–H and O–H groups in total. The van der Waals surface area contributed by atoms with Gasteiger partial charge in [0.05, 0.1) is 0 Å². The van der Waals surface area contributed by atoms with Gasteiger partial charge in [-0.2, -0.15) is 0 Å². The minimum absolute atomic E-state index is 0.203. The fraction of sp³-hybridized carbons (Fsp3) is 0.941. The van der Waals surface area contributed by atoms with Gasteiger partial charge in [0.2, 0.25) is 5.91 Å². The normalized spacial score (nSPS) is 22.6. The van der Waals surface area contributed by atoms with Crippen molar-refractivity contribution in [3.05, 3.63) is 0 Å². The van der Waals surface area contributed by atoms with Gasteiger partial charge < -0.3 is 10.6 Å². The van der Waals surface area contributed by atoms with Gasteiger partial charge >= 0.3 is 0 Å². The second kappa shape index (κ2) is 6.93. The third-order valence-electron chi connectivity index (χ3n) is 5.14. The number of carbonyl (C=O) groups is 1. The Kier molecular flexibility index (Phi) is 5.48. The summed E-state index contributed by atoms with van der Waals surface area (Å²) in [6.45, 7) is 5.40. The standard InChI is InChI=1S/C17H32N2O/c1-14(2)9-12-19(15-7-3-4-8-15)16(20)13-17(18)10-5-6-11-17/h14-15H,3-13,18H2,1-2H3. The average Bonchev–Trinajstić information content (AvgIpc) is 3.01. The lowest BCUT2D eigenvalue weighted by molar-refractivity contribution is -0.134. The zero-order valence-corrected chi connectivity index (χ0v) is 13.4. The minimum Gasteiger partial charge on any atom is -0.340 e. The molecule has 2 saturated carbocycles. The van der Waals surface area contributed by atoms with E-state index in [0.717, 1.165) is 25.8 Å². The summed E-state index contributed by atoms with van der Waals surface area (Å²) in [6, 6.07) is 0.492. The minimum atomic E-state index is -0.203. The number of amides is 1. The molecular formula is C17H32N2O. The van der Waals surface area contributed by atoms with E-state index in [1.54, 1.807) is 0 Å². The highest BCUT2D eigenvalue weighted by Crippen LogP contribution is 2.32. The molecule has 0 aliphatic heterocycles. The van der Waals surface area contributed by atoms with Crippen molar-refractivity contribution in [1.29, 1.82) is 0 Å². The fourth-order valence-corrected chi connectivity index (χ4v) is 3.78. The monoisotopic (exact) mass is 280 g/mol. The summed E-state index contributed by atoms with van der Waals surface area (Å²) in [5.74, 6) is 0.979. The Bertz CT molecular complexity index is 315. The number of nitrogens with two attached hydrogens (primary N) is 1. The Labute approximate surface area is 124 Å². The Morgan fingerprint density at radius 1 is 1.20 bits per heavy atom.